The summed E-state index contributed by atoms with van der Waals surface area (Å²) in [6, 6.07) is 13.1. The zero-order chi connectivity index (χ0) is 17.7. The summed E-state index contributed by atoms with van der Waals surface area (Å²) in [6.45, 7) is 4.83. The molecule has 4 heteroatoms. The lowest BCUT2D eigenvalue weighted by Crippen LogP contribution is -2.33. The van der Waals surface area contributed by atoms with Crippen LogP contribution in [0.25, 0.3) is 10.9 Å². The standard InChI is InChI=1S/C22H25N3O/c1-22(26,16-8-11-23-12-9-16)15-25-18-6-3-2-5-17(18)21-19-7-4-13-24(19)14-10-20(21)25/h2-3,5-6,8-9,11-12,19,26H,4,7,10,13-15H2,1H3. The van der Waals surface area contributed by atoms with E-state index in [1.165, 1.54) is 41.5 Å². The maximum absolute atomic E-state index is 11.2. The Morgan fingerprint density at radius 3 is 2.81 bits per heavy atom. The van der Waals surface area contributed by atoms with E-state index in [1.54, 1.807) is 12.4 Å². The number of hydrogen-bond acceptors (Lipinski definition) is 3. The van der Waals surface area contributed by atoms with Crippen molar-refractivity contribution in [2.45, 2.75) is 44.4 Å². The van der Waals surface area contributed by atoms with Gasteiger partial charge in [0, 0.05) is 48.0 Å². The highest BCUT2D eigenvalue weighted by atomic mass is 16.3. The molecule has 2 aromatic heterocycles. The van der Waals surface area contributed by atoms with E-state index in [4.69, 9.17) is 0 Å². The Labute approximate surface area is 154 Å². The van der Waals surface area contributed by atoms with Crippen LogP contribution in [0, 0.1) is 0 Å². The summed E-state index contributed by atoms with van der Waals surface area (Å²) >= 11 is 0. The van der Waals surface area contributed by atoms with Crippen LogP contribution < -0.4 is 0 Å². The van der Waals surface area contributed by atoms with E-state index in [9.17, 15) is 5.11 Å². The van der Waals surface area contributed by atoms with E-state index in [0.717, 1.165) is 18.5 Å². The molecule has 1 saturated heterocycles. The van der Waals surface area contributed by atoms with E-state index in [-0.39, 0.29) is 0 Å². The Morgan fingerprint density at radius 1 is 1.15 bits per heavy atom. The van der Waals surface area contributed by atoms with Crippen molar-refractivity contribution in [3.63, 3.8) is 0 Å². The number of aromatic nitrogens is 2. The lowest BCUT2D eigenvalue weighted by atomic mass is 9.95. The first-order chi connectivity index (χ1) is 12.6. The zero-order valence-electron chi connectivity index (χ0n) is 15.2. The van der Waals surface area contributed by atoms with Crippen molar-refractivity contribution in [1.29, 1.82) is 0 Å². The summed E-state index contributed by atoms with van der Waals surface area (Å²) in [5.41, 5.74) is 4.17. The highest BCUT2D eigenvalue weighted by Crippen LogP contribution is 2.43. The molecular weight excluding hydrogens is 322 g/mol. The Morgan fingerprint density at radius 2 is 1.96 bits per heavy atom. The van der Waals surface area contributed by atoms with Gasteiger partial charge in [-0.3, -0.25) is 9.88 Å². The molecule has 0 saturated carbocycles. The van der Waals surface area contributed by atoms with Crippen LogP contribution in [0.3, 0.4) is 0 Å². The molecule has 0 amide bonds. The second-order valence-electron chi connectivity index (χ2n) is 7.92. The second kappa shape index (κ2) is 5.93. The summed E-state index contributed by atoms with van der Waals surface area (Å²) in [6.07, 6.45) is 7.11. The smallest absolute Gasteiger partial charge is 0.105 e. The minimum atomic E-state index is -0.925. The minimum Gasteiger partial charge on any atom is -0.384 e. The van der Waals surface area contributed by atoms with Crippen molar-refractivity contribution in [1.82, 2.24) is 14.5 Å². The molecule has 134 valence electrons. The molecule has 0 spiro atoms. The lowest BCUT2D eigenvalue weighted by molar-refractivity contribution is 0.0382. The van der Waals surface area contributed by atoms with Crippen LogP contribution >= 0.6 is 0 Å². The zero-order valence-corrected chi connectivity index (χ0v) is 15.2. The average Bonchev–Trinajstić information content (AvgIpc) is 3.25. The van der Waals surface area contributed by atoms with Crippen LogP contribution in [0.1, 0.15) is 42.6 Å². The molecule has 0 aliphatic carbocycles. The SMILES string of the molecule is CC(O)(Cn1c2c(c3ccccc31)C1CCCN1CC2)c1ccncc1. The molecule has 26 heavy (non-hydrogen) atoms. The number of pyridine rings is 1. The van der Waals surface area contributed by atoms with Crippen molar-refractivity contribution in [3.8, 4) is 0 Å². The van der Waals surface area contributed by atoms with Crippen LogP contribution in [0.2, 0.25) is 0 Å². The molecule has 4 nitrogen and oxygen atoms in total. The Hall–Kier alpha value is -2.17. The van der Waals surface area contributed by atoms with Crippen LogP contribution in [-0.4, -0.2) is 32.6 Å². The van der Waals surface area contributed by atoms with Gasteiger partial charge in [-0.25, -0.2) is 0 Å². The number of para-hydroxylation sites is 1. The molecule has 0 bridgehead atoms. The molecule has 1 N–H and O–H groups in total. The van der Waals surface area contributed by atoms with Crippen LogP contribution in [-0.2, 0) is 18.6 Å². The van der Waals surface area contributed by atoms with Gasteiger partial charge in [0.05, 0.1) is 6.54 Å². The first kappa shape index (κ1) is 16.0. The predicted molar refractivity (Wildman–Crippen MR) is 103 cm³/mol. The van der Waals surface area contributed by atoms with Crippen molar-refractivity contribution in [2.24, 2.45) is 0 Å². The minimum absolute atomic E-state index is 0.552. The first-order valence-electron chi connectivity index (χ1n) is 9.62. The highest BCUT2D eigenvalue weighted by Gasteiger charge is 2.36. The summed E-state index contributed by atoms with van der Waals surface area (Å²) in [4.78, 5) is 6.73. The molecule has 3 aromatic rings. The van der Waals surface area contributed by atoms with Gasteiger partial charge in [-0.15, -0.1) is 0 Å². The summed E-state index contributed by atoms with van der Waals surface area (Å²) in [7, 11) is 0. The van der Waals surface area contributed by atoms with E-state index in [2.05, 4.69) is 38.7 Å². The number of benzene rings is 1. The van der Waals surface area contributed by atoms with Crippen molar-refractivity contribution >= 4 is 10.9 Å². The van der Waals surface area contributed by atoms with Crippen molar-refractivity contribution < 1.29 is 5.11 Å². The fourth-order valence-corrected chi connectivity index (χ4v) is 4.99. The fraction of sp³-hybridized carbons (Fsp3) is 0.409. The molecule has 1 aromatic carbocycles. The average molecular weight is 347 g/mol. The van der Waals surface area contributed by atoms with Gasteiger partial charge in [-0.05, 0) is 55.6 Å². The van der Waals surface area contributed by atoms with Crippen LogP contribution in [0.15, 0.2) is 48.8 Å². The number of rotatable bonds is 3. The molecule has 5 rings (SSSR count). The van der Waals surface area contributed by atoms with E-state index < -0.39 is 5.60 Å². The number of fused-ring (bicyclic) bond motifs is 5. The van der Waals surface area contributed by atoms with Gasteiger partial charge in [0.25, 0.3) is 0 Å². The van der Waals surface area contributed by atoms with Gasteiger partial charge in [-0.2, -0.15) is 0 Å². The molecule has 2 unspecified atom stereocenters. The maximum Gasteiger partial charge on any atom is 0.105 e. The Bertz CT molecular complexity index is 945. The molecule has 2 atom stereocenters. The van der Waals surface area contributed by atoms with E-state index >= 15 is 0 Å². The summed E-state index contributed by atoms with van der Waals surface area (Å²) in [5.74, 6) is 0. The van der Waals surface area contributed by atoms with E-state index in [0.29, 0.717) is 12.6 Å². The monoisotopic (exact) mass is 347 g/mol. The summed E-state index contributed by atoms with van der Waals surface area (Å²) < 4.78 is 2.38. The quantitative estimate of drug-likeness (QED) is 0.786. The van der Waals surface area contributed by atoms with Gasteiger partial charge < -0.3 is 9.67 Å². The third-order valence-electron chi connectivity index (χ3n) is 6.22. The molecule has 0 radical (unpaired) electrons. The summed E-state index contributed by atoms with van der Waals surface area (Å²) in [5, 5.41) is 12.6. The maximum atomic E-state index is 11.2. The molecule has 4 heterocycles. The molecular formula is C22H25N3O. The Kier molecular flexibility index (Phi) is 3.66. The largest absolute Gasteiger partial charge is 0.384 e. The number of aliphatic hydroxyl groups is 1. The van der Waals surface area contributed by atoms with Gasteiger partial charge >= 0.3 is 0 Å². The fourth-order valence-electron chi connectivity index (χ4n) is 4.99. The number of hydrogen-bond donors (Lipinski definition) is 1. The highest BCUT2D eigenvalue weighted by molar-refractivity contribution is 5.86. The molecule has 1 fully saturated rings. The lowest BCUT2D eigenvalue weighted by Gasteiger charge is -2.32. The van der Waals surface area contributed by atoms with E-state index in [1.807, 2.05) is 19.1 Å². The van der Waals surface area contributed by atoms with Crippen LogP contribution in [0.5, 0.6) is 0 Å². The van der Waals surface area contributed by atoms with Gasteiger partial charge in [0.1, 0.15) is 5.60 Å². The number of nitrogens with zero attached hydrogens (tertiary/aromatic N) is 3. The first-order valence-corrected chi connectivity index (χ1v) is 9.62. The van der Waals surface area contributed by atoms with Crippen molar-refractivity contribution in [3.05, 3.63) is 65.6 Å². The predicted octanol–water partition coefficient (Wildman–Crippen LogP) is 3.64. The molecule has 2 aliphatic heterocycles. The molecule has 2 aliphatic rings. The van der Waals surface area contributed by atoms with Gasteiger partial charge in [-0.1, -0.05) is 18.2 Å². The van der Waals surface area contributed by atoms with Gasteiger partial charge in [0.2, 0.25) is 0 Å². The van der Waals surface area contributed by atoms with Gasteiger partial charge in [0.15, 0.2) is 0 Å². The van der Waals surface area contributed by atoms with Crippen LogP contribution in [0.4, 0.5) is 0 Å². The normalized spacial score (nSPS) is 22.2. The second-order valence-corrected chi connectivity index (χ2v) is 7.92. The third kappa shape index (κ3) is 2.40. The van der Waals surface area contributed by atoms with Crippen molar-refractivity contribution in [2.75, 3.05) is 13.1 Å². The topological polar surface area (TPSA) is 41.3 Å². The third-order valence-corrected chi connectivity index (χ3v) is 6.22. The Balaban J connectivity index is 1.65.